The van der Waals surface area contributed by atoms with Gasteiger partial charge in [0.05, 0.1) is 16.2 Å². The lowest BCUT2D eigenvalue weighted by atomic mass is 9.98. The van der Waals surface area contributed by atoms with Crippen molar-refractivity contribution in [3.8, 4) is 0 Å². The lowest BCUT2D eigenvalue weighted by Crippen LogP contribution is -2.45. The number of hydrogen-bond acceptors (Lipinski definition) is 3. The summed E-state index contributed by atoms with van der Waals surface area (Å²) in [5.41, 5.74) is 0. The molecule has 0 spiro atoms. The maximum Gasteiger partial charge on any atom is 0.308 e. The highest BCUT2D eigenvalue weighted by Crippen LogP contribution is 2.33. The summed E-state index contributed by atoms with van der Waals surface area (Å²) in [5, 5.41) is 9.88. The van der Waals surface area contributed by atoms with E-state index in [1.807, 2.05) is 0 Å². The van der Waals surface area contributed by atoms with E-state index in [0.29, 0.717) is 23.0 Å². The van der Waals surface area contributed by atoms with Crippen molar-refractivity contribution < 1.29 is 14.7 Å². The molecule has 0 bridgehead atoms. The Morgan fingerprint density at radius 1 is 1.41 bits per heavy atom. The predicted octanol–water partition coefficient (Wildman–Crippen LogP) is 3.80. The van der Waals surface area contributed by atoms with Crippen LogP contribution >= 0.6 is 35.0 Å². The number of nitrogens with zero attached hydrogens (tertiary/aromatic N) is 1. The molecule has 0 aliphatic carbocycles. The molecule has 1 aromatic rings. The van der Waals surface area contributed by atoms with Crippen LogP contribution in [0.4, 0.5) is 0 Å². The first-order chi connectivity index (χ1) is 10.4. The Hall–Kier alpha value is -0.910. The van der Waals surface area contributed by atoms with Gasteiger partial charge in [-0.3, -0.25) is 9.59 Å². The van der Waals surface area contributed by atoms with E-state index in [-0.39, 0.29) is 17.7 Å². The van der Waals surface area contributed by atoms with Crippen molar-refractivity contribution in [2.75, 3.05) is 13.1 Å². The number of carboxylic acids is 1. The van der Waals surface area contributed by atoms with E-state index in [1.165, 1.54) is 11.8 Å². The number of aliphatic carboxylic acids is 1. The van der Waals surface area contributed by atoms with Crippen LogP contribution in [-0.4, -0.2) is 40.2 Å². The van der Waals surface area contributed by atoms with Crippen molar-refractivity contribution in [3.05, 3.63) is 28.2 Å². The molecular weight excluding hydrogens is 345 g/mol. The minimum Gasteiger partial charge on any atom is -0.481 e. The fourth-order valence-corrected chi connectivity index (χ4v) is 3.94. The summed E-state index contributed by atoms with van der Waals surface area (Å²) in [4.78, 5) is 26.0. The van der Waals surface area contributed by atoms with Gasteiger partial charge in [-0.25, -0.2) is 0 Å². The zero-order chi connectivity index (χ0) is 16.3. The Balaban J connectivity index is 2.02. The monoisotopic (exact) mass is 361 g/mol. The predicted molar refractivity (Wildman–Crippen MR) is 88.7 cm³/mol. The summed E-state index contributed by atoms with van der Waals surface area (Å²) >= 11 is 13.4. The average Bonchev–Trinajstić information content (AvgIpc) is 2.50. The molecule has 1 aliphatic rings. The summed E-state index contributed by atoms with van der Waals surface area (Å²) < 4.78 is 0. The largest absolute Gasteiger partial charge is 0.481 e. The molecule has 2 atom stereocenters. The number of hydrogen-bond donors (Lipinski definition) is 1. The van der Waals surface area contributed by atoms with E-state index in [1.54, 1.807) is 30.0 Å². The fourth-order valence-electron chi connectivity index (χ4n) is 2.44. The van der Waals surface area contributed by atoms with Crippen LogP contribution < -0.4 is 0 Å². The highest BCUT2D eigenvalue weighted by molar-refractivity contribution is 8.00. The Morgan fingerprint density at radius 3 is 2.82 bits per heavy atom. The van der Waals surface area contributed by atoms with E-state index < -0.39 is 11.9 Å². The van der Waals surface area contributed by atoms with Crippen molar-refractivity contribution in [1.29, 1.82) is 0 Å². The Labute approximate surface area is 143 Å². The molecule has 2 unspecified atom stereocenters. The Bertz CT molecular complexity index is 582. The van der Waals surface area contributed by atoms with Gasteiger partial charge in [0.25, 0.3) is 0 Å². The van der Waals surface area contributed by atoms with Gasteiger partial charge in [-0.05, 0) is 38.0 Å². The van der Waals surface area contributed by atoms with Gasteiger partial charge in [-0.1, -0.05) is 23.2 Å². The van der Waals surface area contributed by atoms with Crippen LogP contribution in [0.5, 0.6) is 0 Å². The Morgan fingerprint density at radius 2 is 2.14 bits per heavy atom. The first-order valence-corrected chi connectivity index (χ1v) is 8.65. The summed E-state index contributed by atoms with van der Waals surface area (Å²) in [6.07, 6.45) is 1.35. The number of piperidine rings is 1. The second-order valence-corrected chi connectivity index (χ2v) is 7.52. The molecule has 1 N–H and O–H groups in total. The van der Waals surface area contributed by atoms with Gasteiger partial charge in [0.2, 0.25) is 5.91 Å². The standard InChI is InChI=1S/C15H17Cl2NO3S/c1-9(22-13-7-11(16)4-5-12(13)17)14(19)18-6-2-3-10(8-18)15(20)21/h4-5,7,9-10H,2-3,6,8H2,1H3,(H,20,21). The maximum absolute atomic E-state index is 12.5. The molecule has 0 radical (unpaired) electrons. The first-order valence-electron chi connectivity index (χ1n) is 7.01. The molecule has 1 amide bonds. The second kappa shape index (κ2) is 7.57. The zero-order valence-electron chi connectivity index (χ0n) is 12.1. The van der Waals surface area contributed by atoms with Crippen molar-refractivity contribution in [2.45, 2.75) is 29.9 Å². The minimum absolute atomic E-state index is 0.0630. The third kappa shape index (κ3) is 4.31. The van der Waals surface area contributed by atoms with Gasteiger partial charge in [-0.15, -0.1) is 11.8 Å². The number of likely N-dealkylation sites (tertiary alicyclic amines) is 1. The highest BCUT2D eigenvalue weighted by atomic mass is 35.5. The van der Waals surface area contributed by atoms with Crippen LogP contribution in [0.25, 0.3) is 0 Å². The number of carboxylic acid groups (broad SMARTS) is 1. The molecule has 0 saturated carbocycles. The van der Waals surface area contributed by atoms with E-state index >= 15 is 0 Å². The van der Waals surface area contributed by atoms with Crippen molar-refractivity contribution in [1.82, 2.24) is 4.90 Å². The normalized spacial score (nSPS) is 19.8. The van der Waals surface area contributed by atoms with E-state index in [9.17, 15) is 9.59 Å². The van der Waals surface area contributed by atoms with E-state index in [2.05, 4.69) is 0 Å². The van der Waals surface area contributed by atoms with E-state index in [0.717, 1.165) is 11.3 Å². The van der Waals surface area contributed by atoms with Crippen molar-refractivity contribution >= 4 is 46.8 Å². The third-order valence-corrected chi connectivity index (χ3v) is 5.45. The molecule has 1 aromatic carbocycles. The molecule has 4 nitrogen and oxygen atoms in total. The minimum atomic E-state index is -0.837. The summed E-state index contributed by atoms with van der Waals surface area (Å²) in [7, 11) is 0. The van der Waals surface area contributed by atoms with Crippen LogP contribution in [0.3, 0.4) is 0 Å². The number of rotatable bonds is 4. The number of thioether (sulfide) groups is 1. The molecule has 1 aliphatic heterocycles. The molecule has 1 fully saturated rings. The number of halogens is 2. The molecule has 0 aromatic heterocycles. The van der Waals surface area contributed by atoms with Gasteiger partial charge in [0.1, 0.15) is 0 Å². The molecule has 1 saturated heterocycles. The van der Waals surface area contributed by atoms with Crippen molar-refractivity contribution in [3.63, 3.8) is 0 Å². The molecule has 7 heteroatoms. The third-order valence-electron chi connectivity index (χ3n) is 3.63. The number of carbonyl (C=O) groups excluding carboxylic acids is 1. The average molecular weight is 362 g/mol. The van der Waals surface area contributed by atoms with Gasteiger partial charge in [-0.2, -0.15) is 0 Å². The number of carbonyl (C=O) groups is 2. The first kappa shape index (κ1) is 17.4. The SMILES string of the molecule is CC(Sc1cc(Cl)ccc1Cl)C(=O)N1CCCC(C(=O)O)C1. The van der Waals surface area contributed by atoms with Crippen LogP contribution in [0.15, 0.2) is 23.1 Å². The molecule has 2 rings (SSSR count). The van der Waals surface area contributed by atoms with Crippen LogP contribution in [0.2, 0.25) is 10.0 Å². The van der Waals surface area contributed by atoms with Crippen LogP contribution in [0, 0.1) is 5.92 Å². The molecule has 22 heavy (non-hydrogen) atoms. The second-order valence-electron chi connectivity index (χ2n) is 5.30. The summed E-state index contributed by atoms with van der Waals surface area (Å²) in [5.74, 6) is -1.37. The number of benzene rings is 1. The molecular formula is C15H17Cl2NO3S. The molecule has 1 heterocycles. The van der Waals surface area contributed by atoms with Gasteiger partial charge < -0.3 is 10.0 Å². The van der Waals surface area contributed by atoms with Gasteiger partial charge in [0.15, 0.2) is 0 Å². The van der Waals surface area contributed by atoms with Gasteiger partial charge in [0, 0.05) is 23.0 Å². The number of amides is 1. The topological polar surface area (TPSA) is 57.6 Å². The zero-order valence-corrected chi connectivity index (χ0v) is 14.4. The molecule has 120 valence electrons. The summed E-state index contributed by atoms with van der Waals surface area (Å²) in [6, 6.07) is 5.13. The Kier molecular flexibility index (Phi) is 6.01. The van der Waals surface area contributed by atoms with Gasteiger partial charge >= 0.3 is 5.97 Å². The fraction of sp³-hybridized carbons (Fsp3) is 0.467. The smallest absolute Gasteiger partial charge is 0.308 e. The maximum atomic E-state index is 12.5. The highest BCUT2D eigenvalue weighted by Gasteiger charge is 2.30. The van der Waals surface area contributed by atoms with Crippen LogP contribution in [0.1, 0.15) is 19.8 Å². The van der Waals surface area contributed by atoms with Crippen molar-refractivity contribution in [2.24, 2.45) is 5.92 Å². The van der Waals surface area contributed by atoms with Crippen LogP contribution in [-0.2, 0) is 9.59 Å². The quantitative estimate of drug-likeness (QED) is 0.828. The summed E-state index contributed by atoms with van der Waals surface area (Å²) in [6.45, 7) is 2.69. The lowest BCUT2D eigenvalue weighted by Gasteiger charge is -2.32. The lowest BCUT2D eigenvalue weighted by molar-refractivity contribution is -0.145. The van der Waals surface area contributed by atoms with E-state index in [4.69, 9.17) is 28.3 Å².